The quantitative estimate of drug-likeness (QED) is 0.616. The summed E-state index contributed by atoms with van der Waals surface area (Å²) >= 11 is 0. The minimum absolute atomic E-state index is 0.0247. The van der Waals surface area contributed by atoms with Crippen molar-refractivity contribution in [3.8, 4) is 6.07 Å². The molecule has 2 N–H and O–H groups in total. The molecule has 0 bridgehead atoms. The highest BCUT2D eigenvalue weighted by molar-refractivity contribution is 6.09. The normalized spacial score (nSPS) is 11.0. The van der Waals surface area contributed by atoms with Gasteiger partial charge in [-0.25, -0.2) is 8.78 Å². The smallest absolute Gasteiger partial charge is 0.266 e. The van der Waals surface area contributed by atoms with Gasteiger partial charge in [-0.15, -0.1) is 0 Å². The van der Waals surface area contributed by atoms with E-state index in [0.29, 0.717) is 18.2 Å². The molecule has 2 rings (SSSR count). The first-order chi connectivity index (χ1) is 12.4. The predicted molar refractivity (Wildman–Crippen MR) is 95.4 cm³/mol. The highest BCUT2D eigenvalue weighted by atomic mass is 19.1. The number of rotatable bonds is 6. The summed E-state index contributed by atoms with van der Waals surface area (Å²) in [7, 11) is 1.83. The molecule has 0 radical (unpaired) electrons. The molecule has 0 aliphatic rings. The van der Waals surface area contributed by atoms with E-state index in [1.54, 1.807) is 30.3 Å². The maximum Gasteiger partial charge on any atom is 0.266 e. The van der Waals surface area contributed by atoms with Gasteiger partial charge in [0.1, 0.15) is 23.3 Å². The van der Waals surface area contributed by atoms with Crippen LogP contribution in [0.2, 0.25) is 0 Å². The molecule has 0 heterocycles. The summed E-state index contributed by atoms with van der Waals surface area (Å²) in [6.07, 6.45) is 1.37. The molecule has 2 aromatic carbocycles. The molecule has 0 aromatic heterocycles. The molecule has 0 aliphatic carbocycles. The largest absolute Gasteiger partial charge is 0.395 e. The van der Waals surface area contributed by atoms with Gasteiger partial charge in [-0.3, -0.25) is 4.79 Å². The Morgan fingerprint density at radius 1 is 1.27 bits per heavy atom. The van der Waals surface area contributed by atoms with Crippen LogP contribution in [-0.2, 0) is 4.79 Å². The number of hydrogen-bond donors (Lipinski definition) is 2. The number of amides is 1. The zero-order valence-electron chi connectivity index (χ0n) is 14.0. The number of aliphatic hydroxyl groups is 1. The second-order valence-corrected chi connectivity index (χ2v) is 5.48. The second kappa shape index (κ2) is 8.74. The van der Waals surface area contributed by atoms with E-state index in [-0.39, 0.29) is 17.9 Å². The number of likely N-dealkylation sites (N-methyl/N-ethyl adjacent to an activating group) is 1. The lowest BCUT2D eigenvalue weighted by molar-refractivity contribution is -0.112. The first kappa shape index (κ1) is 19.1. The lowest BCUT2D eigenvalue weighted by atomic mass is 10.1. The molecule has 2 aromatic rings. The average molecular weight is 357 g/mol. The maximum absolute atomic E-state index is 13.6. The summed E-state index contributed by atoms with van der Waals surface area (Å²) < 4.78 is 26.5. The number of benzene rings is 2. The van der Waals surface area contributed by atoms with Gasteiger partial charge >= 0.3 is 0 Å². The monoisotopic (exact) mass is 357 g/mol. The van der Waals surface area contributed by atoms with E-state index in [0.717, 1.165) is 17.8 Å². The first-order valence-electron chi connectivity index (χ1n) is 7.75. The molecule has 1 amide bonds. The molecule has 5 nitrogen and oxygen atoms in total. The predicted octanol–water partition coefficient (Wildman–Crippen LogP) is 2.94. The van der Waals surface area contributed by atoms with E-state index in [1.165, 1.54) is 6.08 Å². The molecule has 26 heavy (non-hydrogen) atoms. The van der Waals surface area contributed by atoms with Crippen molar-refractivity contribution in [1.82, 2.24) is 0 Å². The summed E-state index contributed by atoms with van der Waals surface area (Å²) in [5.41, 5.74) is 1.05. The second-order valence-electron chi connectivity index (χ2n) is 5.48. The van der Waals surface area contributed by atoms with Crippen molar-refractivity contribution in [2.45, 2.75) is 0 Å². The number of halogens is 2. The summed E-state index contributed by atoms with van der Waals surface area (Å²) in [4.78, 5) is 14.0. The van der Waals surface area contributed by atoms with Crippen LogP contribution >= 0.6 is 0 Å². The highest BCUT2D eigenvalue weighted by Gasteiger charge is 2.12. The van der Waals surface area contributed by atoms with E-state index in [2.05, 4.69) is 5.32 Å². The third-order valence-corrected chi connectivity index (χ3v) is 3.62. The molecule has 0 unspecified atom stereocenters. The summed E-state index contributed by atoms with van der Waals surface area (Å²) in [5, 5.41) is 20.4. The maximum atomic E-state index is 13.6. The fourth-order valence-electron chi connectivity index (χ4n) is 2.20. The Balaban J connectivity index is 2.16. The van der Waals surface area contributed by atoms with Crippen LogP contribution in [-0.4, -0.2) is 31.2 Å². The Morgan fingerprint density at radius 3 is 2.54 bits per heavy atom. The van der Waals surface area contributed by atoms with Crippen LogP contribution in [0, 0.1) is 23.0 Å². The summed E-state index contributed by atoms with van der Waals surface area (Å²) in [6, 6.07) is 11.5. The minimum atomic E-state index is -0.924. The van der Waals surface area contributed by atoms with Gasteiger partial charge in [0.15, 0.2) is 0 Å². The highest BCUT2D eigenvalue weighted by Crippen LogP contribution is 2.18. The van der Waals surface area contributed by atoms with Crippen LogP contribution in [0.4, 0.5) is 20.2 Å². The number of carbonyl (C=O) groups is 1. The molecular formula is C19H17F2N3O2. The van der Waals surface area contributed by atoms with Crippen LogP contribution in [0.5, 0.6) is 0 Å². The summed E-state index contributed by atoms with van der Waals surface area (Å²) in [6.45, 7) is 0.501. The zero-order valence-corrected chi connectivity index (χ0v) is 14.0. The Morgan fingerprint density at radius 2 is 1.96 bits per heavy atom. The Hall–Kier alpha value is -3.24. The molecule has 0 saturated heterocycles. The van der Waals surface area contributed by atoms with Gasteiger partial charge in [0.05, 0.1) is 12.3 Å². The number of aliphatic hydroxyl groups excluding tert-OH is 1. The van der Waals surface area contributed by atoms with Crippen LogP contribution < -0.4 is 10.2 Å². The lowest BCUT2D eigenvalue weighted by Crippen LogP contribution is -2.20. The average Bonchev–Trinajstić information content (AvgIpc) is 2.62. The molecule has 7 heteroatoms. The van der Waals surface area contributed by atoms with Crippen molar-refractivity contribution < 1.29 is 18.7 Å². The van der Waals surface area contributed by atoms with Crippen LogP contribution in [0.1, 0.15) is 5.56 Å². The zero-order chi connectivity index (χ0) is 19.1. The minimum Gasteiger partial charge on any atom is -0.395 e. The van der Waals surface area contributed by atoms with Gasteiger partial charge in [0, 0.05) is 25.3 Å². The fraction of sp³-hybridized carbons (Fsp3) is 0.158. The van der Waals surface area contributed by atoms with Gasteiger partial charge in [-0.05, 0) is 35.9 Å². The van der Waals surface area contributed by atoms with E-state index >= 15 is 0 Å². The van der Waals surface area contributed by atoms with Crippen molar-refractivity contribution in [1.29, 1.82) is 5.26 Å². The molecule has 0 aliphatic heterocycles. The van der Waals surface area contributed by atoms with Gasteiger partial charge in [-0.1, -0.05) is 12.1 Å². The number of nitriles is 1. The van der Waals surface area contributed by atoms with Crippen LogP contribution in [0.15, 0.2) is 48.0 Å². The molecule has 0 saturated carbocycles. The standard InChI is InChI=1S/C19H17F2N3O2/c1-24(8-9-25)16-5-2-13(3-6-16)10-14(12-22)19(26)23-18-7-4-15(20)11-17(18)21/h2-7,10-11,25H,8-9H2,1H3,(H,23,26)/b14-10+. The molecule has 0 atom stereocenters. The SMILES string of the molecule is CN(CCO)c1ccc(/C=C(\C#N)C(=O)Nc2ccc(F)cc2F)cc1. The third-order valence-electron chi connectivity index (χ3n) is 3.62. The number of nitrogens with one attached hydrogen (secondary N) is 1. The van der Waals surface area contributed by atoms with E-state index < -0.39 is 17.5 Å². The van der Waals surface area contributed by atoms with Gasteiger partial charge in [0.2, 0.25) is 0 Å². The summed E-state index contributed by atoms with van der Waals surface area (Å²) in [5.74, 6) is -2.48. The van der Waals surface area contributed by atoms with Crippen molar-refractivity contribution in [3.05, 3.63) is 65.2 Å². The van der Waals surface area contributed by atoms with Crippen molar-refractivity contribution in [2.24, 2.45) is 0 Å². The third kappa shape index (κ3) is 4.88. The molecule has 134 valence electrons. The Bertz CT molecular complexity index is 858. The van der Waals surface area contributed by atoms with Gasteiger partial charge < -0.3 is 15.3 Å². The van der Waals surface area contributed by atoms with Crippen molar-refractivity contribution in [3.63, 3.8) is 0 Å². The van der Waals surface area contributed by atoms with E-state index in [9.17, 15) is 18.8 Å². The van der Waals surface area contributed by atoms with Crippen LogP contribution in [0.25, 0.3) is 6.08 Å². The lowest BCUT2D eigenvalue weighted by Gasteiger charge is -2.17. The van der Waals surface area contributed by atoms with Crippen molar-refractivity contribution >= 4 is 23.4 Å². The Labute approximate surface area is 149 Å². The van der Waals surface area contributed by atoms with Crippen molar-refractivity contribution in [2.75, 3.05) is 30.4 Å². The number of nitrogens with zero attached hydrogens (tertiary/aromatic N) is 2. The molecule has 0 spiro atoms. The number of carbonyl (C=O) groups excluding carboxylic acids is 1. The number of anilines is 2. The number of hydrogen-bond acceptors (Lipinski definition) is 4. The topological polar surface area (TPSA) is 76.4 Å². The first-order valence-corrected chi connectivity index (χ1v) is 7.75. The van der Waals surface area contributed by atoms with E-state index in [1.807, 2.05) is 11.9 Å². The Kier molecular flexibility index (Phi) is 6.42. The molecular weight excluding hydrogens is 340 g/mol. The van der Waals surface area contributed by atoms with Gasteiger partial charge in [0.25, 0.3) is 5.91 Å². The molecule has 0 fully saturated rings. The fourth-order valence-corrected chi connectivity index (χ4v) is 2.20. The van der Waals surface area contributed by atoms with Gasteiger partial charge in [-0.2, -0.15) is 5.26 Å². The van der Waals surface area contributed by atoms with E-state index in [4.69, 9.17) is 5.11 Å². The van der Waals surface area contributed by atoms with Crippen LogP contribution in [0.3, 0.4) is 0 Å².